The molecule has 0 saturated heterocycles. The van der Waals surface area contributed by atoms with E-state index in [-0.39, 0.29) is 0 Å². The van der Waals surface area contributed by atoms with E-state index >= 15 is 0 Å². The van der Waals surface area contributed by atoms with Crippen LogP contribution >= 0.6 is 0 Å². The SMILES string of the molecule is CCCCCC(C)C(C)C(CCC)C1C(C)C1C(C)(C)CCC(CC)C(C)C(C)C. The van der Waals surface area contributed by atoms with Crippen molar-refractivity contribution in [2.24, 2.45) is 58.7 Å². The van der Waals surface area contributed by atoms with E-state index in [1.807, 2.05) is 0 Å². The monoisotopic (exact) mass is 420 g/mol. The van der Waals surface area contributed by atoms with E-state index in [2.05, 4.69) is 76.2 Å². The lowest BCUT2D eigenvalue weighted by atomic mass is 9.71. The van der Waals surface area contributed by atoms with Gasteiger partial charge in [-0.15, -0.1) is 0 Å². The molecule has 1 aliphatic rings. The lowest BCUT2D eigenvalue weighted by Gasteiger charge is -2.34. The summed E-state index contributed by atoms with van der Waals surface area (Å²) in [4.78, 5) is 0. The zero-order valence-corrected chi connectivity index (χ0v) is 23.1. The normalized spacial score (nSPS) is 27.0. The maximum Gasteiger partial charge on any atom is -0.0300 e. The van der Waals surface area contributed by atoms with Crippen LogP contribution < -0.4 is 0 Å². The average Bonchev–Trinajstić information content (AvgIpc) is 3.37. The second kappa shape index (κ2) is 12.9. The molecule has 0 aromatic rings. The van der Waals surface area contributed by atoms with Gasteiger partial charge in [-0.05, 0) is 71.5 Å². The Kier molecular flexibility index (Phi) is 12.0. The number of hydrogen-bond acceptors (Lipinski definition) is 0. The van der Waals surface area contributed by atoms with Crippen LogP contribution in [0.3, 0.4) is 0 Å². The minimum atomic E-state index is 0.505. The van der Waals surface area contributed by atoms with Crippen LogP contribution in [0.25, 0.3) is 0 Å². The van der Waals surface area contributed by atoms with Crippen LogP contribution in [-0.4, -0.2) is 0 Å². The van der Waals surface area contributed by atoms with Crippen LogP contribution in [0, 0.1) is 58.7 Å². The van der Waals surface area contributed by atoms with Gasteiger partial charge in [0, 0.05) is 0 Å². The fraction of sp³-hybridized carbons (Fsp3) is 1.00. The van der Waals surface area contributed by atoms with Gasteiger partial charge in [0.05, 0.1) is 0 Å². The van der Waals surface area contributed by atoms with Crippen LogP contribution in [0.2, 0.25) is 0 Å². The largest absolute Gasteiger partial charge is 0.0654 e. The number of rotatable bonds is 16. The molecule has 0 aromatic heterocycles. The zero-order chi connectivity index (χ0) is 23.1. The molecule has 0 N–H and O–H groups in total. The Labute approximate surface area is 192 Å². The molecule has 0 aliphatic heterocycles. The van der Waals surface area contributed by atoms with Crippen LogP contribution in [0.4, 0.5) is 0 Å². The Bertz CT molecular complexity index is 447. The summed E-state index contributed by atoms with van der Waals surface area (Å²) in [5.74, 6) is 8.16. The highest BCUT2D eigenvalue weighted by Crippen LogP contribution is 2.63. The van der Waals surface area contributed by atoms with Crippen molar-refractivity contribution in [3.8, 4) is 0 Å². The molecular weight excluding hydrogens is 360 g/mol. The number of unbranched alkanes of at least 4 members (excludes halogenated alkanes) is 2. The first-order chi connectivity index (χ1) is 14.0. The lowest BCUT2D eigenvalue weighted by molar-refractivity contribution is 0.158. The van der Waals surface area contributed by atoms with Gasteiger partial charge in [0.25, 0.3) is 0 Å². The van der Waals surface area contributed by atoms with Gasteiger partial charge >= 0.3 is 0 Å². The highest BCUT2D eigenvalue weighted by atomic mass is 14.6. The Balaban J connectivity index is 2.77. The molecule has 0 aromatic carbocycles. The van der Waals surface area contributed by atoms with Gasteiger partial charge in [0.1, 0.15) is 0 Å². The van der Waals surface area contributed by atoms with Crippen LogP contribution in [0.1, 0.15) is 134 Å². The molecule has 1 rings (SSSR count). The van der Waals surface area contributed by atoms with Gasteiger partial charge in [-0.1, -0.05) is 121 Å². The molecule has 30 heavy (non-hydrogen) atoms. The second-order valence-corrected chi connectivity index (χ2v) is 12.5. The first kappa shape index (κ1) is 28.0. The van der Waals surface area contributed by atoms with Crippen molar-refractivity contribution in [2.45, 2.75) is 134 Å². The standard InChI is InChI=1S/C30H60/c1-12-15-16-18-22(6)24(8)27(17-13-2)28-25(9)29(28)30(10,11)20-19-26(14-3)23(7)21(4)5/h21-29H,12-20H2,1-11H3. The molecule has 0 amide bonds. The fourth-order valence-corrected chi connectivity index (χ4v) is 7.03. The van der Waals surface area contributed by atoms with Crippen molar-refractivity contribution in [2.75, 3.05) is 0 Å². The third kappa shape index (κ3) is 7.55. The maximum atomic E-state index is 2.61. The van der Waals surface area contributed by atoms with Crippen molar-refractivity contribution in [1.29, 1.82) is 0 Å². The van der Waals surface area contributed by atoms with Crippen molar-refractivity contribution < 1.29 is 0 Å². The van der Waals surface area contributed by atoms with Crippen molar-refractivity contribution in [1.82, 2.24) is 0 Å². The Morgan fingerprint density at radius 1 is 0.767 bits per heavy atom. The minimum Gasteiger partial charge on any atom is -0.0654 e. The van der Waals surface area contributed by atoms with Gasteiger partial charge in [0.15, 0.2) is 0 Å². The molecule has 0 heterocycles. The summed E-state index contributed by atoms with van der Waals surface area (Å²) in [6, 6.07) is 0. The zero-order valence-electron chi connectivity index (χ0n) is 23.1. The molecule has 180 valence electrons. The predicted molar refractivity (Wildman–Crippen MR) is 138 cm³/mol. The summed E-state index contributed by atoms with van der Waals surface area (Å²) in [5.41, 5.74) is 0.505. The molecule has 0 nitrogen and oxygen atoms in total. The van der Waals surface area contributed by atoms with Crippen molar-refractivity contribution in [3.05, 3.63) is 0 Å². The molecule has 8 unspecified atom stereocenters. The smallest absolute Gasteiger partial charge is 0.0300 e. The number of hydrogen-bond donors (Lipinski definition) is 0. The second-order valence-electron chi connectivity index (χ2n) is 12.5. The molecule has 0 radical (unpaired) electrons. The molecule has 1 saturated carbocycles. The first-order valence-corrected chi connectivity index (χ1v) is 14.0. The van der Waals surface area contributed by atoms with Crippen molar-refractivity contribution in [3.63, 3.8) is 0 Å². The molecular formula is C30H60. The Morgan fingerprint density at radius 2 is 1.40 bits per heavy atom. The van der Waals surface area contributed by atoms with E-state index in [1.54, 1.807) is 0 Å². The third-order valence-corrected chi connectivity index (χ3v) is 9.78. The van der Waals surface area contributed by atoms with Crippen molar-refractivity contribution >= 4 is 0 Å². The van der Waals surface area contributed by atoms with E-state index in [0.29, 0.717) is 5.41 Å². The van der Waals surface area contributed by atoms with Gasteiger partial charge < -0.3 is 0 Å². The highest BCUT2D eigenvalue weighted by molar-refractivity contribution is 5.05. The summed E-state index contributed by atoms with van der Waals surface area (Å²) < 4.78 is 0. The Morgan fingerprint density at radius 3 is 1.90 bits per heavy atom. The van der Waals surface area contributed by atoms with E-state index in [0.717, 1.165) is 53.3 Å². The van der Waals surface area contributed by atoms with Gasteiger partial charge in [0.2, 0.25) is 0 Å². The molecule has 8 atom stereocenters. The summed E-state index contributed by atoms with van der Waals surface area (Å²) >= 11 is 0. The van der Waals surface area contributed by atoms with E-state index in [1.165, 1.54) is 57.8 Å². The molecule has 1 aliphatic carbocycles. The molecule has 1 fully saturated rings. The quantitative estimate of drug-likeness (QED) is 0.218. The van der Waals surface area contributed by atoms with E-state index < -0.39 is 0 Å². The molecule has 0 bridgehead atoms. The summed E-state index contributed by atoms with van der Waals surface area (Å²) in [7, 11) is 0. The predicted octanol–water partition coefficient (Wildman–Crippen LogP) is 10.3. The fourth-order valence-electron chi connectivity index (χ4n) is 7.03. The minimum absolute atomic E-state index is 0.505. The third-order valence-electron chi connectivity index (χ3n) is 9.78. The molecule has 0 heteroatoms. The summed E-state index contributed by atoms with van der Waals surface area (Å²) in [6.07, 6.45) is 12.6. The summed E-state index contributed by atoms with van der Waals surface area (Å²) in [6.45, 7) is 27.4. The molecule has 0 spiro atoms. The van der Waals surface area contributed by atoms with Crippen LogP contribution in [0.5, 0.6) is 0 Å². The van der Waals surface area contributed by atoms with Crippen LogP contribution in [0.15, 0.2) is 0 Å². The van der Waals surface area contributed by atoms with Gasteiger partial charge in [-0.3, -0.25) is 0 Å². The first-order valence-electron chi connectivity index (χ1n) is 14.0. The highest BCUT2D eigenvalue weighted by Gasteiger charge is 2.57. The van der Waals surface area contributed by atoms with E-state index in [9.17, 15) is 0 Å². The lowest BCUT2D eigenvalue weighted by Crippen LogP contribution is -2.25. The van der Waals surface area contributed by atoms with Gasteiger partial charge in [-0.2, -0.15) is 0 Å². The van der Waals surface area contributed by atoms with Gasteiger partial charge in [-0.25, -0.2) is 0 Å². The summed E-state index contributed by atoms with van der Waals surface area (Å²) in [5, 5.41) is 0. The maximum absolute atomic E-state index is 2.61. The van der Waals surface area contributed by atoms with Crippen LogP contribution in [-0.2, 0) is 0 Å². The Hall–Kier alpha value is 0. The van der Waals surface area contributed by atoms with E-state index in [4.69, 9.17) is 0 Å². The topological polar surface area (TPSA) is 0 Å². The average molecular weight is 421 g/mol.